The second-order valence-electron chi connectivity index (χ2n) is 5.18. The predicted octanol–water partition coefficient (Wildman–Crippen LogP) is 2.96. The van der Waals surface area contributed by atoms with Crippen LogP contribution in [0.2, 0.25) is 0 Å². The predicted molar refractivity (Wildman–Crippen MR) is 69.4 cm³/mol. The third-order valence-corrected chi connectivity index (χ3v) is 3.35. The van der Waals surface area contributed by atoms with Crippen LogP contribution >= 0.6 is 15.9 Å². The highest BCUT2D eigenvalue weighted by atomic mass is 79.9. The molecular formula is C13H18BrNO. The van der Waals surface area contributed by atoms with Gasteiger partial charge in [0.05, 0.1) is 6.61 Å². The SMILES string of the molecule is CC1(C)CNC(Cc2ccc(Br)cc2)OC1. The lowest BCUT2D eigenvalue weighted by Gasteiger charge is -2.35. The Hall–Kier alpha value is -0.380. The third kappa shape index (κ3) is 3.30. The molecule has 1 aliphatic heterocycles. The molecule has 88 valence electrons. The van der Waals surface area contributed by atoms with E-state index in [1.807, 2.05) is 0 Å². The molecule has 1 aromatic carbocycles. The summed E-state index contributed by atoms with van der Waals surface area (Å²) >= 11 is 3.44. The lowest BCUT2D eigenvalue weighted by atomic mass is 9.93. The first kappa shape index (κ1) is 12.1. The molecule has 1 atom stereocenters. The minimum atomic E-state index is 0.161. The standard InChI is InChI=1S/C13H18BrNO/c1-13(2)8-15-12(16-9-13)7-10-3-5-11(14)6-4-10/h3-6,12,15H,7-9H2,1-2H3. The number of hydrogen-bond acceptors (Lipinski definition) is 2. The first-order valence-corrected chi connectivity index (χ1v) is 6.44. The van der Waals surface area contributed by atoms with Crippen LogP contribution in [0.25, 0.3) is 0 Å². The molecule has 0 aromatic heterocycles. The molecule has 2 rings (SSSR count). The van der Waals surface area contributed by atoms with Gasteiger partial charge in [0, 0.05) is 22.9 Å². The highest BCUT2D eigenvalue weighted by Crippen LogP contribution is 2.21. The van der Waals surface area contributed by atoms with Crippen molar-refractivity contribution < 1.29 is 4.74 Å². The smallest absolute Gasteiger partial charge is 0.112 e. The summed E-state index contributed by atoms with van der Waals surface area (Å²) in [4.78, 5) is 0. The van der Waals surface area contributed by atoms with Gasteiger partial charge in [-0.05, 0) is 17.7 Å². The number of hydrogen-bond donors (Lipinski definition) is 1. The Labute approximate surface area is 106 Å². The summed E-state index contributed by atoms with van der Waals surface area (Å²) in [6.07, 6.45) is 1.10. The second-order valence-corrected chi connectivity index (χ2v) is 6.09. The molecule has 1 fully saturated rings. The summed E-state index contributed by atoms with van der Waals surface area (Å²) in [5.74, 6) is 0. The van der Waals surface area contributed by atoms with Crippen molar-refractivity contribution in [3.63, 3.8) is 0 Å². The van der Waals surface area contributed by atoms with Crippen LogP contribution in [0.1, 0.15) is 19.4 Å². The van der Waals surface area contributed by atoms with Crippen LogP contribution in [0, 0.1) is 5.41 Å². The van der Waals surface area contributed by atoms with E-state index in [0.29, 0.717) is 0 Å². The molecule has 2 nitrogen and oxygen atoms in total. The van der Waals surface area contributed by atoms with E-state index in [1.54, 1.807) is 0 Å². The molecule has 1 aromatic rings. The molecule has 0 radical (unpaired) electrons. The molecule has 3 heteroatoms. The number of nitrogens with one attached hydrogen (secondary N) is 1. The highest BCUT2D eigenvalue weighted by molar-refractivity contribution is 9.10. The van der Waals surface area contributed by atoms with Crippen LogP contribution in [0.5, 0.6) is 0 Å². The third-order valence-electron chi connectivity index (χ3n) is 2.82. The molecule has 1 heterocycles. The van der Waals surface area contributed by atoms with E-state index in [2.05, 4.69) is 59.4 Å². The summed E-state index contributed by atoms with van der Waals surface area (Å²) in [6, 6.07) is 8.41. The van der Waals surface area contributed by atoms with Crippen molar-refractivity contribution >= 4 is 15.9 Å². The van der Waals surface area contributed by atoms with Crippen LogP contribution in [-0.2, 0) is 11.2 Å². The van der Waals surface area contributed by atoms with Crippen molar-refractivity contribution in [1.29, 1.82) is 0 Å². The molecule has 1 unspecified atom stereocenters. The van der Waals surface area contributed by atoms with E-state index in [1.165, 1.54) is 5.56 Å². The second kappa shape index (κ2) is 4.86. The van der Waals surface area contributed by atoms with E-state index < -0.39 is 0 Å². The highest BCUT2D eigenvalue weighted by Gasteiger charge is 2.26. The Balaban J connectivity index is 1.89. The fourth-order valence-corrected chi connectivity index (χ4v) is 2.06. The molecule has 0 aliphatic carbocycles. The molecule has 0 spiro atoms. The summed E-state index contributed by atoms with van der Waals surface area (Å²) in [6.45, 7) is 6.29. The molecule has 1 aliphatic rings. The zero-order chi connectivity index (χ0) is 11.6. The lowest BCUT2D eigenvalue weighted by Crippen LogP contribution is -2.48. The van der Waals surface area contributed by atoms with Gasteiger partial charge in [0.25, 0.3) is 0 Å². The Bertz CT molecular complexity index is 337. The van der Waals surface area contributed by atoms with Gasteiger partial charge < -0.3 is 4.74 Å². The van der Waals surface area contributed by atoms with E-state index in [9.17, 15) is 0 Å². The van der Waals surface area contributed by atoms with Gasteiger partial charge in [0.15, 0.2) is 0 Å². The van der Waals surface area contributed by atoms with E-state index in [-0.39, 0.29) is 11.6 Å². The largest absolute Gasteiger partial charge is 0.362 e. The van der Waals surface area contributed by atoms with Gasteiger partial charge in [0.2, 0.25) is 0 Å². The van der Waals surface area contributed by atoms with Crippen LogP contribution in [-0.4, -0.2) is 19.4 Å². The van der Waals surface area contributed by atoms with Crippen molar-refractivity contribution in [2.24, 2.45) is 5.41 Å². The van der Waals surface area contributed by atoms with Crippen LogP contribution in [0.4, 0.5) is 0 Å². The van der Waals surface area contributed by atoms with Crippen LogP contribution in [0.15, 0.2) is 28.7 Å². The monoisotopic (exact) mass is 283 g/mol. The van der Waals surface area contributed by atoms with E-state index in [4.69, 9.17) is 4.74 Å². The van der Waals surface area contributed by atoms with Crippen LogP contribution < -0.4 is 5.32 Å². The number of rotatable bonds is 2. The van der Waals surface area contributed by atoms with E-state index in [0.717, 1.165) is 24.0 Å². The van der Waals surface area contributed by atoms with Gasteiger partial charge >= 0.3 is 0 Å². The minimum Gasteiger partial charge on any atom is -0.362 e. The fraction of sp³-hybridized carbons (Fsp3) is 0.538. The van der Waals surface area contributed by atoms with Gasteiger partial charge in [-0.15, -0.1) is 0 Å². The summed E-state index contributed by atoms with van der Waals surface area (Å²) < 4.78 is 6.92. The molecule has 16 heavy (non-hydrogen) atoms. The molecule has 1 N–H and O–H groups in total. The number of halogens is 1. The van der Waals surface area contributed by atoms with Crippen molar-refractivity contribution in [2.75, 3.05) is 13.2 Å². The number of ether oxygens (including phenoxy) is 1. The van der Waals surface area contributed by atoms with Crippen LogP contribution in [0.3, 0.4) is 0 Å². The lowest BCUT2D eigenvalue weighted by molar-refractivity contribution is -0.0566. The maximum absolute atomic E-state index is 5.80. The average molecular weight is 284 g/mol. The zero-order valence-corrected chi connectivity index (χ0v) is 11.4. The Morgan fingerprint density at radius 2 is 2.06 bits per heavy atom. The topological polar surface area (TPSA) is 21.3 Å². The van der Waals surface area contributed by atoms with Gasteiger partial charge in [0.1, 0.15) is 6.23 Å². The Morgan fingerprint density at radius 1 is 1.38 bits per heavy atom. The summed E-state index contributed by atoms with van der Waals surface area (Å²) in [5.41, 5.74) is 1.57. The summed E-state index contributed by atoms with van der Waals surface area (Å²) in [5, 5.41) is 3.44. The molecule has 1 saturated heterocycles. The summed E-state index contributed by atoms with van der Waals surface area (Å²) in [7, 11) is 0. The Kier molecular flexibility index (Phi) is 3.67. The van der Waals surface area contributed by atoms with Gasteiger partial charge in [-0.25, -0.2) is 0 Å². The molecular weight excluding hydrogens is 266 g/mol. The quantitative estimate of drug-likeness (QED) is 0.901. The Morgan fingerprint density at radius 3 is 2.62 bits per heavy atom. The van der Waals surface area contributed by atoms with Crippen molar-refractivity contribution in [2.45, 2.75) is 26.5 Å². The fourth-order valence-electron chi connectivity index (χ4n) is 1.79. The maximum atomic E-state index is 5.80. The average Bonchev–Trinajstić information content (AvgIpc) is 2.24. The minimum absolute atomic E-state index is 0.161. The zero-order valence-electron chi connectivity index (χ0n) is 9.79. The normalized spacial score (nSPS) is 24.3. The first-order valence-electron chi connectivity index (χ1n) is 5.65. The molecule has 0 amide bonds. The maximum Gasteiger partial charge on any atom is 0.112 e. The van der Waals surface area contributed by atoms with E-state index >= 15 is 0 Å². The first-order chi connectivity index (χ1) is 7.55. The van der Waals surface area contributed by atoms with Crippen molar-refractivity contribution in [3.8, 4) is 0 Å². The van der Waals surface area contributed by atoms with Crippen molar-refractivity contribution in [1.82, 2.24) is 5.32 Å². The van der Waals surface area contributed by atoms with Crippen molar-refractivity contribution in [3.05, 3.63) is 34.3 Å². The van der Waals surface area contributed by atoms with Gasteiger partial charge in [-0.3, -0.25) is 5.32 Å². The van der Waals surface area contributed by atoms with Gasteiger partial charge in [-0.1, -0.05) is 41.9 Å². The molecule has 0 bridgehead atoms. The number of benzene rings is 1. The molecule has 0 saturated carbocycles. The van der Waals surface area contributed by atoms with Gasteiger partial charge in [-0.2, -0.15) is 0 Å².